The number of rotatable bonds is 4. The van der Waals surface area contributed by atoms with Gasteiger partial charge in [0.2, 0.25) is 0 Å². The van der Waals surface area contributed by atoms with Crippen molar-refractivity contribution >= 4 is 15.9 Å². The number of methoxy groups -OCH3 is 1. The van der Waals surface area contributed by atoms with Gasteiger partial charge >= 0.3 is 0 Å². The third-order valence-electron chi connectivity index (χ3n) is 1.84. The number of halogens is 1. The molecule has 4 nitrogen and oxygen atoms in total. The molecular formula is C9H12BrNO3. The lowest BCUT2D eigenvalue weighted by atomic mass is 10.1. The van der Waals surface area contributed by atoms with Gasteiger partial charge in [0.15, 0.2) is 11.5 Å². The molecule has 0 radical (unpaired) electrons. The molecule has 14 heavy (non-hydrogen) atoms. The van der Waals surface area contributed by atoms with Gasteiger partial charge in [-0.05, 0) is 24.1 Å². The molecule has 5 heteroatoms. The first-order valence-electron chi connectivity index (χ1n) is 4.06. The molecule has 78 valence electrons. The second kappa shape index (κ2) is 5.19. The largest absolute Gasteiger partial charge is 0.504 e. The van der Waals surface area contributed by atoms with E-state index in [1.165, 1.54) is 7.11 Å². The topological polar surface area (TPSA) is 64.7 Å². The van der Waals surface area contributed by atoms with E-state index in [0.29, 0.717) is 18.8 Å². The predicted octanol–water partition coefficient (Wildman–Crippen LogP) is 1.60. The van der Waals surface area contributed by atoms with Crippen LogP contribution in [0.2, 0.25) is 0 Å². The van der Waals surface area contributed by atoms with E-state index in [1.807, 2.05) is 0 Å². The van der Waals surface area contributed by atoms with Crippen molar-refractivity contribution in [3.05, 3.63) is 22.2 Å². The predicted molar refractivity (Wildman–Crippen MR) is 56.2 cm³/mol. The number of phenols is 1. The average Bonchev–Trinajstić information content (AvgIpc) is 2.18. The first-order valence-corrected chi connectivity index (χ1v) is 4.85. The summed E-state index contributed by atoms with van der Waals surface area (Å²) in [6.07, 6.45) is 0.634. The van der Waals surface area contributed by atoms with Gasteiger partial charge in [0.25, 0.3) is 0 Å². The molecule has 0 aliphatic carbocycles. The Bertz CT molecular complexity index is 317. The van der Waals surface area contributed by atoms with Crippen LogP contribution >= 0.6 is 15.9 Å². The molecule has 0 unspecified atom stereocenters. The van der Waals surface area contributed by atoms with E-state index in [-0.39, 0.29) is 5.75 Å². The van der Waals surface area contributed by atoms with Crippen molar-refractivity contribution in [2.24, 2.45) is 5.90 Å². The summed E-state index contributed by atoms with van der Waals surface area (Å²) in [6, 6.07) is 3.34. The van der Waals surface area contributed by atoms with Gasteiger partial charge in [0.05, 0.1) is 13.7 Å². The molecule has 0 saturated heterocycles. The van der Waals surface area contributed by atoms with Crippen LogP contribution in [-0.2, 0) is 11.3 Å². The molecule has 1 rings (SSSR count). The van der Waals surface area contributed by atoms with Gasteiger partial charge in [0, 0.05) is 4.47 Å². The van der Waals surface area contributed by atoms with Gasteiger partial charge in [-0.3, -0.25) is 0 Å². The standard InChI is InChI=1S/C9H12BrNO3/c1-13-9-5-7(10)6(2-3-14-11)4-8(9)12/h4-5,12H,2-3,11H2,1H3. The Labute approximate surface area is 90.7 Å². The number of hydrogen-bond donors (Lipinski definition) is 2. The van der Waals surface area contributed by atoms with E-state index >= 15 is 0 Å². The number of aromatic hydroxyl groups is 1. The summed E-state index contributed by atoms with van der Waals surface area (Å²) >= 11 is 3.36. The maximum absolute atomic E-state index is 9.50. The molecule has 0 amide bonds. The Balaban J connectivity index is 2.90. The molecule has 0 aromatic heterocycles. The highest BCUT2D eigenvalue weighted by Gasteiger charge is 2.07. The van der Waals surface area contributed by atoms with Crippen LogP contribution in [0.5, 0.6) is 11.5 Å². The fraction of sp³-hybridized carbons (Fsp3) is 0.333. The third-order valence-corrected chi connectivity index (χ3v) is 2.58. The minimum absolute atomic E-state index is 0.114. The molecule has 0 aliphatic heterocycles. The molecule has 3 N–H and O–H groups in total. The van der Waals surface area contributed by atoms with Crippen LogP contribution in [0.25, 0.3) is 0 Å². The molecule has 0 atom stereocenters. The van der Waals surface area contributed by atoms with Crippen molar-refractivity contribution < 1.29 is 14.7 Å². The lowest BCUT2D eigenvalue weighted by Crippen LogP contribution is -2.04. The second-order valence-electron chi connectivity index (χ2n) is 2.74. The number of hydrogen-bond acceptors (Lipinski definition) is 4. The number of phenolic OH excluding ortho intramolecular Hbond substituents is 1. The summed E-state index contributed by atoms with van der Waals surface area (Å²) in [5.74, 6) is 5.47. The van der Waals surface area contributed by atoms with Crippen molar-refractivity contribution in [1.29, 1.82) is 0 Å². The van der Waals surface area contributed by atoms with Crippen molar-refractivity contribution in [1.82, 2.24) is 0 Å². The smallest absolute Gasteiger partial charge is 0.161 e. The van der Waals surface area contributed by atoms with E-state index in [1.54, 1.807) is 12.1 Å². The Morgan fingerprint density at radius 1 is 1.50 bits per heavy atom. The molecule has 0 fully saturated rings. The minimum atomic E-state index is 0.114. The van der Waals surface area contributed by atoms with Gasteiger partial charge in [-0.1, -0.05) is 15.9 Å². The van der Waals surface area contributed by atoms with Gasteiger partial charge in [-0.2, -0.15) is 0 Å². The monoisotopic (exact) mass is 261 g/mol. The second-order valence-corrected chi connectivity index (χ2v) is 3.59. The van der Waals surface area contributed by atoms with Crippen LogP contribution in [-0.4, -0.2) is 18.8 Å². The zero-order valence-electron chi connectivity index (χ0n) is 7.79. The minimum Gasteiger partial charge on any atom is -0.504 e. The van der Waals surface area contributed by atoms with Crippen molar-refractivity contribution in [2.45, 2.75) is 6.42 Å². The summed E-state index contributed by atoms with van der Waals surface area (Å²) in [7, 11) is 1.50. The third kappa shape index (κ3) is 2.60. The highest BCUT2D eigenvalue weighted by Crippen LogP contribution is 2.32. The molecule has 1 aromatic rings. The first kappa shape index (κ1) is 11.3. The van der Waals surface area contributed by atoms with Crippen LogP contribution < -0.4 is 10.6 Å². The maximum atomic E-state index is 9.50. The van der Waals surface area contributed by atoms with E-state index in [4.69, 9.17) is 10.6 Å². The molecule has 0 bridgehead atoms. The fourth-order valence-corrected chi connectivity index (χ4v) is 1.63. The van der Waals surface area contributed by atoms with Crippen LogP contribution in [0.4, 0.5) is 0 Å². The van der Waals surface area contributed by atoms with E-state index in [0.717, 1.165) is 10.0 Å². The van der Waals surface area contributed by atoms with Gasteiger partial charge in [-0.15, -0.1) is 0 Å². The van der Waals surface area contributed by atoms with Crippen LogP contribution in [0.15, 0.2) is 16.6 Å². The van der Waals surface area contributed by atoms with Gasteiger partial charge in [0.1, 0.15) is 0 Å². The van der Waals surface area contributed by atoms with E-state index in [2.05, 4.69) is 20.8 Å². The summed E-state index contributed by atoms with van der Waals surface area (Å²) < 4.78 is 5.81. The quantitative estimate of drug-likeness (QED) is 0.809. The van der Waals surface area contributed by atoms with Crippen LogP contribution in [0, 0.1) is 0 Å². The molecule has 0 aliphatic rings. The van der Waals surface area contributed by atoms with Gasteiger partial charge < -0.3 is 14.7 Å². The number of benzene rings is 1. The Morgan fingerprint density at radius 3 is 2.79 bits per heavy atom. The summed E-state index contributed by atoms with van der Waals surface area (Å²) in [6.45, 7) is 0.407. The lowest BCUT2D eigenvalue weighted by molar-refractivity contribution is 0.141. The van der Waals surface area contributed by atoms with Crippen molar-refractivity contribution in [2.75, 3.05) is 13.7 Å². The Morgan fingerprint density at radius 2 is 2.21 bits per heavy atom. The maximum Gasteiger partial charge on any atom is 0.161 e. The Hall–Kier alpha value is -0.780. The summed E-state index contributed by atoms with van der Waals surface area (Å²) in [5.41, 5.74) is 0.925. The highest BCUT2D eigenvalue weighted by atomic mass is 79.9. The normalized spacial score (nSPS) is 10.2. The first-order chi connectivity index (χ1) is 6.69. The lowest BCUT2D eigenvalue weighted by Gasteiger charge is -2.08. The van der Waals surface area contributed by atoms with Crippen LogP contribution in [0.1, 0.15) is 5.56 Å². The number of ether oxygens (including phenoxy) is 1. The SMILES string of the molecule is COc1cc(Br)c(CCON)cc1O. The average molecular weight is 262 g/mol. The Kier molecular flexibility index (Phi) is 4.19. The summed E-state index contributed by atoms with van der Waals surface area (Å²) in [5, 5.41) is 9.50. The molecule has 0 spiro atoms. The van der Waals surface area contributed by atoms with Crippen molar-refractivity contribution in [3.8, 4) is 11.5 Å². The fourth-order valence-electron chi connectivity index (χ4n) is 1.11. The molecular weight excluding hydrogens is 250 g/mol. The van der Waals surface area contributed by atoms with Crippen molar-refractivity contribution in [3.63, 3.8) is 0 Å². The molecule has 0 saturated carbocycles. The van der Waals surface area contributed by atoms with Crippen LogP contribution in [0.3, 0.4) is 0 Å². The zero-order valence-corrected chi connectivity index (χ0v) is 9.37. The zero-order chi connectivity index (χ0) is 10.6. The summed E-state index contributed by atoms with van der Waals surface area (Å²) in [4.78, 5) is 4.46. The van der Waals surface area contributed by atoms with E-state index < -0.39 is 0 Å². The number of nitrogens with two attached hydrogens (primary N) is 1. The molecule has 1 aromatic carbocycles. The van der Waals surface area contributed by atoms with E-state index in [9.17, 15) is 5.11 Å². The highest BCUT2D eigenvalue weighted by molar-refractivity contribution is 9.10. The molecule has 0 heterocycles. The van der Waals surface area contributed by atoms with Gasteiger partial charge in [-0.25, -0.2) is 5.90 Å².